The minimum absolute atomic E-state index is 0.259. The normalized spacial score (nSPS) is 18.3. The number of nitrogens with one attached hydrogen (secondary N) is 1. The lowest BCUT2D eigenvalue weighted by molar-refractivity contribution is -0.140. The number of hydrogen-bond donors (Lipinski definition) is 1. The van der Waals surface area contributed by atoms with Gasteiger partial charge < -0.3 is 14.8 Å². The van der Waals surface area contributed by atoms with E-state index in [4.69, 9.17) is 9.47 Å². The monoisotopic (exact) mass is 433 g/mol. The van der Waals surface area contributed by atoms with E-state index < -0.39 is 17.9 Å². The van der Waals surface area contributed by atoms with Crippen molar-refractivity contribution in [1.29, 1.82) is 0 Å². The molecule has 1 unspecified atom stereocenters. The molecule has 1 atom stereocenters. The van der Waals surface area contributed by atoms with E-state index >= 15 is 0 Å². The Morgan fingerprint density at radius 3 is 2.22 bits per heavy atom. The van der Waals surface area contributed by atoms with Crippen LogP contribution in [0.1, 0.15) is 36.6 Å². The van der Waals surface area contributed by atoms with E-state index in [2.05, 4.69) is 27.3 Å². The summed E-state index contributed by atoms with van der Waals surface area (Å²) < 4.78 is 10.7. The Morgan fingerprint density at radius 1 is 1.00 bits per heavy atom. The van der Waals surface area contributed by atoms with Crippen molar-refractivity contribution in [3.05, 3.63) is 88.0 Å². The highest BCUT2D eigenvalue weighted by Gasteiger charge is 2.38. The molecule has 2 aromatic rings. The summed E-state index contributed by atoms with van der Waals surface area (Å²) in [5, 5.41) is 3.14. The predicted octanol–water partition coefficient (Wildman–Crippen LogP) is 3.05. The highest BCUT2D eigenvalue weighted by Crippen LogP contribution is 2.38. The maximum Gasteiger partial charge on any atom is 0.336 e. The number of carbonyl (C=O) groups excluding carboxylic acids is 2. The Labute approximate surface area is 187 Å². The molecule has 0 amide bonds. The maximum atomic E-state index is 13.2. The molecule has 0 aliphatic carbocycles. The van der Waals surface area contributed by atoms with Gasteiger partial charge >= 0.3 is 11.9 Å². The lowest BCUT2D eigenvalue weighted by atomic mass is 9.83. The molecular weight excluding hydrogens is 406 g/mol. The van der Waals surface area contributed by atoms with Crippen LogP contribution in [-0.2, 0) is 32.2 Å². The number of carbonyl (C=O) groups is 2. The van der Waals surface area contributed by atoms with Gasteiger partial charge in [-0.25, -0.2) is 9.59 Å². The number of nitrogens with zero attached hydrogens (tertiary/aromatic N) is 2. The molecule has 1 N–H and O–H groups in total. The second-order valence-electron chi connectivity index (χ2n) is 8.00. The molecule has 1 aromatic carbocycles. The molecule has 32 heavy (non-hydrogen) atoms. The molecule has 7 nitrogen and oxygen atoms in total. The van der Waals surface area contributed by atoms with Gasteiger partial charge in [-0.05, 0) is 37.1 Å². The Morgan fingerprint density at radius 2 is 1.62 bits per heavy atom. The lowest BCUT2D eigenvalue weighted by Gasteiger charge is -2.29. The molecule has 4 rings (SSSR count). The van der Waals surface area contributed by atoms with Gasteiger partial charge in [0.2, 0.25) is 0 Å². The SMILES string of the molecule is COC(=O)C1=C(C)NC(C)=C(C(=O)OCCN2Cc3ccccc3C2)C1c1ccccn1. The van der Waals surface area contributed by atoms with Crippen LogP contribution in [-0.4, -0.2) is 42.1 Å². The molecule has 2 aliphatic heterocycles. The third kappa shape index (κ3) is 4.29. The molecule has 0 saturated heterocycles. The third-order valence-corrected chi connectivity index (χ3v) is 5.92. The molecule has 1 aromatic heterocycles. The number of fused-ring (bicyclic) bond motifs is 1. The number of pyridine rings is 1. The van der Waals surface area contributed by atoms with Gasteiger partial charge in [-0.3, -0.25) is 9.88 Å². The Hall–Kier alpha value is -3.45. The highest BCUT2D eigenvalue weighted by molar-refractivity contribution is 5.99. The van der Waals surface area contributed by atoms with Crippen molar-refractivity contribution in [2.45, 2.75) is 32.9 Å². The van der Waals surface area contributed by atoms with Gasteiger partial charge in [0.05, 0.1) is 29.9 Å². The number of methoxy groups -OCH3 is 1. The summed E-state index contributed by atoms with van der Waals surface area (Å²) in [5.41, 5.74) is 5.23. The zero-order valence-electron chi connectivity index (χ0n) is 18.6. The van der Waals surface area contributed by atoms with E-state index in [0.29, 0.717) is 34.8 Å². The van der Waals surface area contributed by atoms with Crippen LogP contribution in [0, 0.1) is 0 Å². The summed E-state index contributed by atoms with van der Waals surface area (Å²) >= 11 is 0. The maximum absolute atomic E-state index is 13.2. The summed E-state index contributed by atoms with van der Waals surface area (Å²) in [5.74, 6) is -1.62. The Kier molecular flexibility index (Phi) is 6.37. The molecule has 166 valence electrons. The van der Waals surface area contributed by atoms with E-state index in [0.717, 1.165) is 13.1 Å². The van der Waals surface area contributed by atoms with Gasteiger partial charge in [-0.1, -0.05) is 30.3 Å². The number of benzene rings is 1. The molecule has 0 bridgehead atoms. The minimum Gasteiger partial charge on any atom is -0.466 e. The van der Waals surface area contributed by atoms with Crippen LogP contribution < -0.4 is 5.32 Å². The third-order valence-electron chi connectivity index (χ3n) is 5.92. The summed E-state index contributed by atoms with van der Waals surface area (Å²) in [6, 6.07) is 13.8. The molecule has 0 radical (unpaired) electrons. The Bertz CT molecular complexity index is 1070. The molecular formula is C25H27N3O4. The van der Waals surface area contributed by atoms with Gasteiger partial charge in [0.25, 0.3) is 0 Å². The molecule has 0 spiro atoms. The molecule has 0 saturated carbocycles. The molecule has 3 heterocycles. The van der Waals surface area contributed by atoms with Crippen molar-refractivity contribution in [2.75, 3.05) is 20.3 Å². The predicted molar refractivity (Wildman–Crippen MR) is 119 cm³/mol. The van der Waals surface area contributed by atoms with Gasteiger partial charge in [0.15, 0.2) is 0 Å². The van der Waals surface area contributed by atoms with Crippen LogP contribution in [0.25, 0.3) is 0 Å². The summed E-state index contributed by atoms with van der Waals surface area (Å²) in [6.45, 7) is 6.19. The second-order valence-corrected chi connectivity index (χ2v) is 8.00. The van der Waals surface area contributed by atoms with E-state index in [9.17, 15) is 9.59 Å². The molecule has 7 heteroatoms. The number of hydrogen-bond acceptors (Lipinski definition) is 7. The summed E-state index contributed by atoms with van der Waals surface area (Å²) in [7, 11) is 1.33. The van der Waals surface area contributed by atoms with E-state index in [1.807, 2.05) is 18.2 Å². The van der Waals surface area contributed by atoms with Crippen molar-refractivity contribution >= 4 is 11.9 Å². The zero-order valence-corrected chi connectivity index (χ0v) is 18.6. The van der Waals surface area contributed by atoms with Crippen molar-refractivity contribution in [2.24, 2.45) is 0 Å². The van der Waals surface area contributed by atoms with Crippen LogP contribution in [0.15, 0.2) is 71.2 Å². The Balaban J connectivity index is 1.50. The first-order valence-electron chi connectivity index (χ1n) is 10.6. The van der Waals surface area contributed by atoms with Crippen LogP contribution in [0.5, 0.6) is 0 Å². The first-order chi connectivity index (χ1) is 15.5. The minimum atomic E-state index is -0.659. The van der Waals surface area contributed by atoms with Crippen LogP contribution in [0.2, 0.25) is 0 Å². The number of aromatic nitrogens is 1. The number of allylic oxidation sites excluding steroid dienone is 2. The fraction of sp³-hybridized carbons (Fsp3) is 0.320. The van der Waals surface area contributed by atoms with Crippen molar-refractivity contribution in [3.63, 3.8) is 0 Å². The molecule has 2 aliphatic rings. The smallest absolute Gasteiger partial charge is 0.336 e. The van der Waals surface area contributed by atoms with E-state index in [1.165, 1.54) is 18.2 Å². The average Bonchev–Trinajstić information content (AvgIpc) is 3.21. The van der Waals surface area contributed by atoms with E-state index in [1.54, 1.807) is 32.2 Å². The van der Waals surface area contributed by atoms with Gasteiger partial charge in [0, 0.05) is 37.2 Å². The van der Waals surface area contributed by atoms with Crippen molar-refractivity contribution in [1.82, 2.24) is 15.2 Å². The first kappa shape index (κ1) is 21.8. The van der Waals surface area contributed by atoms with Crippen molar-refractivity contribution in [3.8, 4) is 0 Å². The van der Waals surface area contributed by atoms with Gasteiger partial charge in [0.1, 0.15) is 6.61 Å². The van der Waals surface area contributed by atoms with Crippen molar-refractivity contribution < 1.29 is 19.1 Å². The highest BCUT2D eigenvalue weighted by atomic mass is 16.5. The number of dihydropyridines is 1. The lowest BCUT2D eigenvalue weighted by Crippen LogP contribution is -2.33. The first-order valence-corrected chi connectivity index (χ1v) is 10.6. The van der Waals surface area contributed by atoms with Gasteiger partial charge in [-0.2, -0.15) is 0 Å². The standard InChI is InChI=1S/C25H27N3O4/c1-16-21(24(29)31-3)23(20-10-6-7-11-26-20)22(17(2)27-16)25(30)32-13-12-28-14-18-8-4-5-9-19(18)15-28/h4-11,23,27H,12-15H2,1-3H3. The van der Waals surface area contributed by atoms with Crippen LogP contribution in [0.4, 0.5) is 0 Å². The fourth-order valence-electron chi connectivity index (χ4n) is 4.39. The largest absolute Gasteiger partial charge is 0.466 e. The topological polar surface area (TPSA) is 80.8 Å². The fourth-order valence-corrected chi connectivity index (χ4v) is 4.39. The number of ether oxygens (including phenoxy) is 2. The van der Waals surface area contributed by atoms with Gasteiger partial charge in [-0.15, -0.1) is 0 Å². The second kappa shape index (κ2) is 9.36. The summed E-state index contributed by atoms with van der Waals surface area (Å²) in [4.78, 5) is 32.5. The average molecular weight is 434 g/mol. The number of rotatable bonds is 6. The van der Waals surface area contributed by atoms with E-state index in [-0.39, 0.29) is 6.61 Å². The molecule has 0 fully saturated rings. The number of esters is 2. The zero-order chi connectivity index (χ0) is 22.7. The summed E-state index contributed by atoms with van der Waals surface area (Å²) in [6.07, 6.45) is 1.64. The van der Waals surface area contributed by atoms with Crippen LogP contribution >= 0.6 is 0 Å². The quantitative estimate of drug-likeness (QED) is 0.702. The van der Waals surface area contributed by atoms with Crippen LogP contribution in [0.3, 0.4) is 0 Å².